The van der Waals surface area contributed by atoms with Gasteiger partial charge in [-0.05, 0) is 18.2 Å². The van der Waals surface area contributed by atoms with Crippen LogP contribution >= 0.6 is 0 Å². The Morgan fingerprint density at radius 1 is 1.32 bits per heavy atom. The molecule has 0 spiro atoms. The molecule has 3 aromatic heterocycles. The number of carbonyl (C=O) groups is 1. The van der Waals surface area contributed by atoms with Crippen LogP contribution in [0.25, 0.3) is 0 Å². The van der Waals surface area contributed by atoms with Crippen molar-refractivity contribution in [2.75, 3.05) is 6.54 Å². The van der Waals surface area contributed by atoms with Crippen LogP contribution in [0.2, 0.25) is 0 Å². The number of hydrogen-bond acceptors (Lipinski definition) is 4. The zero-order valence-corrected chi connectivity index (χ0v) is 11.9. The summed E-state index contributed by atoms with van der Waals surface area (Å²) in [5.41, 5.74) is 1.10. The number of carbonyl (C=O) groups excluding carboxylic acids is 1. The van der Waals surface area contributed by atoms with Crippen LogP contribution in [0.5, 0.6) is 0 Å². The Bertz CT molecular complexity index is 773. The summed E-state index contributed by atoms with van der Waals surface area (Å²) in [6.45, 7) is 2.57. The lowest BCUT2D eigenvalue weighted by molar-refractivity contribution is 0.0674. The molecule has 0 unspecified atom stereocenters. The van der Waals surface area contributed by atoms with Gasteiger partial charge in [-0.3, -0.25) is 9.48 Å². The topological polar surface area (TPSA) is 69.1 Å². The van der Waals surface area contributed by atoms with Gasteiger partial charge in [0.25, 0.3) is 5.91 Å². The van der Waals surface area contributed by atoms with Crippen LogP contribution < -0.4 is 0 Å². The fraction of sp³-hybridized carbons (Fsp3) is 0.267. The molecule has 3 aromatic rings. The summed E-state index contributed by atoms with van der Waals surface area (Å²) in [5, 5.41) is 4.22. The maximum absolute atomic E-state index is 12.3. The first-order valence-electron chi connectivity index (χ1n) is 7.15. The van der Waals surface area contributed by atoms with Crippen molar-refractivity contribution in [3.05, 3.63) is 60.3 Å². The number of furan rings is 1. The molecule has 0 N–H and O–H groups in total. The molecule has 0 saturated carbocycles. The Kier molecular flexibility index (Phi) is 3.03. The van der Waals surface area contributed by atoms with Crippen molar-refractivity contribution in [3.8, 4) is 0 Å². The van der Waals surface area contributed by atoms with Crippen molar-refractivity contribution in [2.45, 2.75) is 19.6 Å². The van der Waals surface area contributed by atoms with Gasteiger partial charge in [0.15, 0.2) is 5.76 Å². The minimum Gasteiger partial charge on any atom is -0.459 e. The van der Waals surface area contributed by atoms with E-state index in [0.29, 0.717) is 25.4 Å². The molecule has 0 fully saturated rings. The molecule has 0 saturated heterocycles. The second-order valence-corrected chi connectivity index (χ2v) is 5.23. The lowest BCUT2D eigenvalue weighted by atomic mass is 10.3. The third-order valence-corrected chi connectivity index (χ3v) is 3.85. The van der Waals surface area contributed by atoms with Crippen LogP contribution in [0, 0.1) is 0 Å². The summed E-state index contributed by atoms with van der Waals surface area (Å²) >= 11 is 0. The third-order valence-electron chi connectivity index (χ3n) is 3.85. The van der Waals surface area contributed by atoms with Crippen LogP contribution in [0.1, 0.15) is 22.1 Å². The second kappa shape index (κ2) is 5.18. The molecular formula is C15H15N5O2. The van der Waals surface area contributed by atoms with E-state index in [1.165, 1.54) is 6.26 Å². The normalized spacial score (nSPS) is 14.1. The predicted molar refractivity (Wildman–Crippen MR) is 77.0 cm³/mol. The summed E-state index contributed by atoms with van der Waals surface area (Å²) in [4.78, 5) is 18.5. The highest BCUT2D eigenvalue weighted by Crippen LogP contribution is 2.17. The van der Waals surface area contributed by atoms with Crippen molar-refractivity contribution < 1.29 is 9.21 Å². The van der Waals surface area contributed by atoms with E-state index < -0.39 is 0 Å². The molecule has 4 rings (SSSR count). The summed E-state index contributed by atoms with van der Waals surface area (Å²) in [5.74, 6) is 1.18. The van der Waals surface area contributed by atoms with E-state index in [4.69, 9.17) is 4.42 Å². The van der Waals surface area contributed by atoms with Gasteiger partial charge in [0.1, 0.15) is 5.82 Å². The van der Waals surface area contributed by atoms with Gasteiger partial charge >= 0.3 is 0 Å². The van der Waals surface area contributed by atoms with Gasteiger partial charge in [-0.25, -0.2) is 4.98 Å². The number of hydrogen-bond donors (Lipinski definition) is 0. The molecule has 112 valence electrons. The van der Waals surface area contributed by atoms with Gasteiger partial charge in [0.2, 0.25) is 0 Å². The Morgan fingerprint density at radius 3 is 3.05 bits per heavy atom. The van der Waals surface area contributed by atoms with Crippen LogP contribution in [0.4, 0.5) is 0 Å². The van der Waals surface area contributed by atoms with Gasteiger partial charge in [0, 0.05) is 25.5 Å². The predicted octanol–water partition coefficient (Wildman–Crippen LogP) is 1.38. The number of nitrogens with zero attached hydrogens (tertiary/aromatic N) is 5. The van der Waals surface area contributed by atoms with Gasteiger partial charge in [-0.2, -0.15) is 5.10 Å². The molecule has 0 aliphatic carbocycles. The molecule has 0 radical (unpaired) electrons. The number of aromatic nitrogens is 4. The Balaban J connectivity index is 1.53. The average molecular weight is 297 g/mol. The van der Waals surface area contributed by atoms with Crippen LogP contribution in [-0.4, -0.2) is 36.7 Å². The van der Waals surface area contributed by atoms with Gasteiger partial charge in [0.05, 0.1) is 31.2 Å². The first-order valence-corrected chi connectivity index (χ1v) is 7.15. The molecule has 1 amide bonds. The molecular weight excluding hydrogens is 282 g/mol. The summed E-state index contributed by atoms with van der Waals surface area (Å²) < 4.78 is 9.21. The van der Waals surface area contributed by atoms with E-state index in [2.05, 4.69) is 14.6 Å². The van der Waals surface area contributed by atoms with Crippen molar-refractivity contribution >= 4 is 5.91 Å². The maximum Gasteiger partial charge on any atom is 0.290 e. The molecule has 7 nitrogen and oxygen atoms in total. The minimum absolute atomic E-state index is 0.0899. The van der Waals surface area contributed by atoms with Crippen LogP contribution in [0.15, 0.2) is 47.5 Å². The van der Waals surface area contributed by atoms with E-state index in [0.717, 1.165) is 18.1 Å². The van der Waals surface area contributed by atoms with Gasteiger partial charge in [-0.15, -0.1) is 0 Å². The zero-order valence-electron chi connectivity index (χ0n) is 11.9. The second-order valence-electron chi connectivity index (χ2n) is 5.23. The van der Waals surface area contributed by atoms with E-state index in [9.17, 15) is 4.79 Å². The molecule has 0 atom stereocenters. The molecule has 0 aromatic carbocycles. The lowest BCUT2D eigenvalue weighted by Crippen LogP contribution is -2.38. The summed E-state index contributed by atoms with van der Waals surface area (Å²) in [7, 11) is 0. The number of rotatable bonds is 3. The largest absolute Gasteiger partial charge is 0.459 e. The highest BCUT2D eigenvalue weighted by molar-refractivity contribution is 5.91. The van der Waals surface area contributed by atoms with E-state index >= 15 is 0 Å². The fourth-order valence-corrected chi connectivity index (χ4v) is 2.74. The molecule has 22 heavy (non-hydrogen) atoms. The summed E-state index contributed by atoms with van der Waals surface area (Å²) in [6, 6.07) is 5.31. The lowest BCUT2D eigenvalue weighted by Gasteiger charge is -2.28. The number of fused-ring (bicyclic) bond motifs is 1. The van der Waals surface area contributed by atoms with Gasteiger partial charge in [-0.1, -0.05) is 0 Å². The Morgan fingerprint density at radius 2 is 2.27 bits per heavy atom. The van der Waals surface area contributed by atoms with E-state index in [1.54, 1.807) is 23.2 Å². The highest BCUT2D eigenvalue weighted by atomic mass is 16.3. The average Bonchev–Trinajstić information content (AvgIpc) is 3.29. The summed E-state index contributed by atoms with van der Waals surface area (Å²) in [6.07, 6.45) is 7.06. The smallest absolute Gasteiger partial charge is 0.290 e. The molecule has 1 aliphatic heterocycles. The number of imidazole rings is 1. The third kappa shape index (κ3) is 2.20. The fourth-order valence-electron chi connectivity index (χ4n) is 2.74. The van der Waals surface area contributed by atoms with Crippen LogP contribution in [-0.2, 0) is 19.6 Å². The minimum atomic E-state index is -0.0899. The Hall–Kier alpha value is -2.83. The first kappa shape index (κ1) is 12.9. The van der Waals surface area contributed by atoms with Crippen LogP contribution in [0.3, 0.4) is 0 Å². The van der Waals surface area contributed by atoms with Crippen molar-refractivity contribution in [1.29, 1.82) is 0 Å². The zero-order chi connectivity index (χ0) is 14.9. The maximum atomic E-state index is 12.3. The Labute approximate surface area is 126 Å². The molecule has 0 bridgehead atoms. The highest BCUT2D eigenvalue weighted by Gasteiger charge is 2.25. The number of amides is 1. The van der Waals surface area contributed by atoms with Crippen molar-refractivity contribution in [3.63, 3.8) is 0 Å². The monoisotopic (exact) mass is 297 g/mol. The molecule has 7 heteroatoms. The SMILES string of the molecule is O=C(c1ccco1)N1CCn2c(Cn3cccn3)cnc2C1. The van der Waals surface area contributed by atoms with E-state index in [-0.39, 0.29) is 5.91 Å². The van der Waals surface area contributed by atoms with Gasteiger partial charge < -0.3 is 13.9 Å². The molecule has 4 heterocycles. The quantitative estimate of drug-likeness (QED) is 0.732. The van der Waals surface area contributed by atoms with Crippen molar-refractivity contribution in [2.24, 2.45) is 0 Å². The standard InChI is InChI=1S/C15H15N5O2/c21-15(13-3-1-8-22-13)18-6-7-20-12(9-16-14(20)11-18)10-19-5-2-4-17-19/h1-5,8-9H,6-7,10-11H2. The first-order chi connectivity index (χ1) is 10.8. The van der Waals surface area contributed by atoms with Crippen molar-refractivity contribution in [1.82, 2.24) is 24.2 Å². The molecule has 1 aliphatic rings. The van der Waals surface area contributed by atoms with E-state index in [1.807, 2.05) is 23.1 Å².